The molecular formula is C13H22O3. The van der Waals surface area contributed by atoms with Crippen molar-refractivity contribution in [3.05, 3.63) is 0 Å². The first-order valence-electron chi connectivity index (χ1n) is 6.08. The topological polar surface area (TPSA) is 38.7 Å². The SMILES string of the molecule is C#CCCCC(O)C1(OCC)CCOCC1. The smallest absolute Gasteiger partial charge is 0.0983 e. The van der Waals surface area contributed by atoms with Gasteiger partial charge in [-0.05, 0) is 19.8 Å². The van der Waals surface area contributed by atoms with Crippen LogP contribution in [-0.4, -0.2) is 36.6 Å². The fraction of sp³-hybridized carbons (Fsp3) is 0.846. The Bertz CT molecular complexity index is 220. The van der Waals surface area contributed by atoms with Crippen molar-refractivity contribution in [2.45, 2.75) is 50.7 Å². The summed E-state index contributed by atoms with van der Waals surface area (Å²) in [5.74, 6) is 2.59. The largest absolute Gasteiger partial charge is 0.390 e. The molecular weight excluding hydrogens is 204 g/mol. The molecule has 1 saturated heterocycles. The van der Waals surface area contributed by atoms with Crippen molar-refractivity contribution < 1.29 is 14.6 Å². The fourth-order valence-corrected chi connectivity index (χ4v) is 2.24. The van der Waals surface area contributed by atoms with E-state index in [4.69, 9.17) is 15.9 Å². The molecule has 0 radical (unpaired) electrons. The molecule has 0 amide bonds. The summed E-state index contributed by atoms with van der Waals surface area (Å²) in [6.45, 7) is 3.94. The van der Waals surface area contributed by atoms with Crippen molar-refractivity contribution in [1.82, 2.24) is 0 Å². The molecule has 1 atom stereocenters. The van der Waals surface area contributed by atoms with Crippen LogP contribution < -0.4 is 0 Å². The van der Waals surface area contributed by atoms with Gasteiger partial charge in [-0.15, -0.1) is 12.3 Å². The van der Waals surface area contributed by atoms with Crippen LogP contribution in [0.5, 0.6) is 0 Å². The lowest BCUT2D eigenvalue weighted by atomic mass is 9.85. The molecule has 1 aliphatic rings. The second-order valence-electron chi connectivity index (χ2n) is 4.22. The summed E-state index contributed by atoms with van der Waals surface area (Å²) in [6.07, 6.45) is 8.61. The number of aliphatic hydroxyl groups is 1. The summed E-state index contributed by atoms with van der Waals surface area (Å²) < 4.78 is 11.1. The highest BCUT2D eigenvalue weighted by molar-refractivity contribution is 4.92. The highest BCUT2D eigenvalue weighted by Gasteiger charge is 2.39. The average molecular weight is 226 g/mol. The lowest BCUT2D eigenvalue weighted by molar-refractivity contribution is -0.167. The predicted molar refractivity (Wildman–Crippen MR) is 63.1 cm³/mol. The Kier molecular flexibility index (Phi) is 5.83. The number of rotatable bonds is 6. The number of hydrogen-bond acceptors (Lipinski definition) is 3. The molecule has 0 aliphatic carbocycles. The maximum Gasteiger partial charge on any atom is 0.0983 e. The van der Waals surface area contributed by atoms with Crippen molar-refractivity contribution in [3.8, 4) is 12.3 Å². The minimum Gasteiger partial charge on any atom is -0.390 e. The van der Waals surface area contributed by atoms with Crippen LogP contribution in [0.4, 0.5) is 0 Å². The molecule has 16 heavy (non-hydrogen) atoms. The van der Waals surface area contributed by atoms with Crippen LogP contribution in [0.1, 0.15) is 39.0 Å². The first kappa shape index (κ1) is 13.5. The summed E-state index contributed by atoms with van der Waals surface area (Å²) >= 11 is 0. The molecule has 0 aromatic rings. The molecule has 1 fully saturated rings. The summed E-state index contributed by atoms with van der Waals surface area (Å²) in [4.78, 5) is 0. The first-order chi connectivity index (χ1) is 7.75. The van der Waals surface area contributed by atoms with Gasteiger partial charge in [0.05, 0.1) is 11.7 Å². The number of terminal acetylenes is 1. The fourth-order valence-electron chi connectivity index (χ4n) is 2.24. The van der Waals surface area contributed by atoms with Crippen LogP contribution in [0.3, 0.4) is 0 Å². The third-order valence-electron chi connectivity index (χ3n) is 3.18. The van der Waals surface area contributed by atoms with Crippen LogP contribution in [0.25, 0.3) is 0 Å². The number of hydrogen-bond donors (Lipinski definition) is 1. The van der Waals surface area contributed by atoms with E-state index in [1.807, 2.05) is 6.92 Å². The Hall–Kier alpha value is -0.560. The van der Waals surface area contributed by atoms with Crippen molar-refractivity contribution in [3.63, 3.8) is 0 Å². The highest BCUT2D eigenvalue weighted by atomic mass is 16.5. The van der Waals surface area contributed by atoms with Gasteiger partial charge in [0, 0.05) is 39.1 Å². The van der Waals surface area contributed by atoms with Crippen molar-refractivity contribution >= 4 is 0 Å². The van der Waals surface area contributed by atoms with E-state index in [1.165, 1.54) is 0 Å². The van der Waals surface area contributed by atoms with Gasteiger partial charge >= 0.3 is 0 Å². The number of unbranched alkanes of at least 4 members (excludes halogenated alkanes) is 1. The molecule has 3 nitrogen and oxygen atoms in total. The Morgan fingerprint density at radius 1 is 1.50 bits per heavy atom. The quantitative estimate of drug-likeness (QED) is 0.554. The maximum atomic E-state index is 10.2. The predicted octanol–water partition coefficient (Wildman–Crippen LogP) is 1.74. The van der Waals surface area contributed by atoms with E-state index in [0.717, 1.165) is 25.7 Å². The van der Waals surface area contributed by atoms with Crippen molar-refractivity contribution in [2.75, 3.05) is 19.8 Å². The van der Waals surface area contributed by atoms with Crippen LogP contribution >= 0.6 is 0 Å². The Labute approximate surface area is 98.1 Å². The normalized spacial score (nSPS) is 21.3. The Morgan fingerprint density at radius 2 is 2.19 bits per heavy atom. The summed E-state index contributed by atoms with van der Waals surface area (Å²) in [7, 11) is 0. The summed E-state index contributed by atoms with van der Waals surface area (Å²) in [6, 6.07) is 0. The summed E-state index contributed by atoms with van der Waals surface area (Å²) in [5, 5.41) is 10.2. The third-order valence-corrected chi connectivity index (χ3v) is 3.18. The molecule has 1 heterocycles. The van der Waals surface area contributed by atoms with Gasteiger partial charge in [-0.25, -0.2) is 0 Å². The lowest BCUT2D eigenvalue weighted by Crippen LogP contribution is -2.49. The van der Waals surface area contributed by atoms with E-state index in [0.29, 0.717) is 26.2 Å². The van der Waals surface area contributed by atoms with Gasteiger partial charge in [-0.1, -0.05) is 0 Å². The molecule has 1 rings (SSSR count). The lowest BCUT2D eigenvalue weighted by Gasteiger charge is -2.40. The molecule has 1 aliphatic heterocycles. The van der Waals surface area contributed by atoms with E-state index < -0.39 is 11.7 Å². The van der Waals surface area contributed by atoms with Gasteiger partial charge in [0.25, 0.3) is 0 Å². The van der Waals surface area contributed by atoms with Crippen LogP contribution in [0.2, 0.25) is 0 Å². The monoisotopic (exact) mass is 226 g/mol. The van der Waals surface area contributed by atoms with Crippen LogP contribution in [0.15, 0.2) is 0 Å². The minimum absolute atomic E-state index is 0.401. The Morgan fingerprint density at radius 3 is 2.75 bits per heavy atom. The zero-order valence-corrected chi connectivity index (χ0v) is 10.1. The zero-order chi connectivity index (χ0) is 11.9. The Balaban J connectivity index is 2.50. The van der Waals surface area contributed by atoms with Crippen LogP contribution in [0, 0.1) is 12.3 Å². The van der Waals surface area contributed by atoms with Crippen molar-refractivity contribution in [1.29, 1.82) is 0 Å². The molecule has 0 aromatic carbocycles. The molecule has 0 saturated carbocycles. The zero-order valence-electron chi connectivity index (χ0n) is 10.1. The van der Waals surface area contributed by atoms with Crippen LogP contribution in [-0.2, 0) is 9.47 Å². The van der Waals surface area contributed by atoms with E-state index >= 15 is 0 Å². The van der Waals surface area contributed by atoms with E-state index in [2.05, 4.69) is 5.92 Å². The van der Waals surface area contributed by atoms with Gasteiger partial charge in [0.2, 0.25) is 0 Å². The maximum absolute atomic E-state index is 10.2. The van der Waals surface area contributed by atoms with E-state index in [9.17, 15) is 5.11 Å². The van der Waals surface area contributed by atoms with Gasteiger partial charge in [-0.3, -0.25) is 0 Å². The molecule has 1 unspecified atom stereocenters. The van der Waals surface area contributed by atoms with E-state index in [1.54, 1.807) is 0 Å². The van der Waals surface area contributed by atoms with E-state index in [-0.39, 0.29) is 0 Å². The molecule has 0 bridgehead atoms. The second-order valence-corrected chi connectivity index (χ2v) is 4.22. The van der Waals surface area contributed by atoms with Gasteiger partial charge in [0.15, 0.2) is 0 Å². The molecule has 0 aromatic heterocycles. The van der Waals surface area contributed by atoms with Gasteiger partial charge in [0.1, 0.15) is 0 Å². The standard InChI is InChI=1S/C13H22O3/c1-3-5-6-7-12(14)13(16-4-2)8-10-15-11-9-13/h1,12,14H,4-11H2,2H3. The highest BCUT2D eigenvalue weighted by Crippen LogP contribution is 2.31. The molecule has 3 heteroatoms. The molecule has 92 valence electrons. The van der Waals surface area contributed by atoms with Crippen molar-refractivity contribution in [2.24, 2.45) is 0 Å². The molecule has 0 spiro atoms. The number of aliphatic hydroxyl groups excluding tert-OH is 1. The molecule has 1 N–H and O–H groups in total. The number of ether oxygens (including phenoxy) is 2. The second kappa shape index (κ2) is 6.90. The summed E-state index contributed by atoms with van der Waals surface area (Å²) in [5.41, 5.74) is -0.401. The third kappa shape index (κ3) is 3.48. The van der Waals surface area contributed by atoms with Gasteiger partial charge in [-0.2, -0.15) is 0 Å². The van der Waals surface area contributed by atoms with Gasteiger partial charge < -0.3 is 14.6 Å². The average Bonchev–Trinajstić information content (AvgIpc) is 2.31. The first-order valence-corrected chi connectivity index (χ1v) is 6.08. The minimum atomic E-state index is -0.426.